The molecule has 1 rings (SSSR count). The maximum Gasteiger partial charge on any atom is 0.523 e. The van der Waals surface area contributed by atoms with E-state index in [4.69, 9.17) is 0 Å². The van der Waals surface area contributed by atoms with Gasteiger partial charge in [-0.25, -0.2) is 4.98 Å². The summed E-state index contributed by atoms with van der Waals surface area (Å²) in [6.45, 7) is 1.52. The molecule has 92 valence electrons. The number of imidazole rings is 1. The van der Waals surface area contributed by atoms with E-state index >= 15 is 0 Å². The van der Waals surface area contributed by atoms with Gasteiger partial charge in [0.1, 0.15) is 6.61 Å². The molecule has 0 bridgehead atoms. The quantitative estimate of drug-likeness (QED) is 0.602. The molecule has 0 saturated heterocycles. The minimum Gasteiger partial charge on any atom is -0.333 e. The van der Waals surface area contributed by atoms with Crippen LogP contribution in [0.2, 0.25) is 0 Å². The summed E-state index contributed by atoms with van der Waals surface area (Å²) >= 11 is 0. The van der Waals surface area contributed by atoms with Crippen molar-refractivity contribution in [2.45, 2.75) is 25.6 Å². The number of nitrogens with zero attached hydrogens (tertiary/aromatic N) is 2. The second kappa shape index (κ2) is 4.42. The molecule has 0 aliphatic carbocycles. The van der Waals surface area contributed by atoms with Crippen LogP contribution in [-0.4, -0.2) is 23.5 Å². The van der Waals surface area contributed by atoms with E-state index in [2.05, 4.69) is 9.17 Å². The van der Waals surface area contributed by atoms with Gasteiger partial charge >= 0.3 is 15.6 Å². The van der Waals surface area contributed by atoms with Crippen LogP contribution in [-0.2, 0) is 27.5 Å². The lowest BCUT2D eigenvalue weighted by molar-refractivity contribution is -0.0549. The average Bonchev–Trinajstić information content (AvgIpc) is 2.60. The first-order valence-corrected chi connectivity index (χ1v) is 5.63. The van der Waals surface area contributed by atoms with E-state index in [1.807, 2.05) is 0 Å². The van der Waals surface area contributed by atoms with Crippen LogP contribution in [0.3, 0.4) is 0 Å². The van der Waals surface area contributed by atoms with Crippen LogP contribution in [0.15, 0.2) is 12.5 Å². The minimum atomic E-state index is -5.54. The first kappa shape index (κ1) is 13.0. The van der Waals surface area contributed by atoms with Crippen LogP contribution in [0.1, 0.15) is 12.6 Å². The first-order chi connectivity index (χ1) is 7.28. The number of halogens is 3. The molecule has 0 fully saturated rings. The van der Waals surface area contributed by atoms with Gasteiger partial charge in [0.25, 0.3) is 0 Å². The largest absolute Gasteiger partial charge is 0.523 e. The van der Waals surface area contributed by atoms with Crippen LogP contribution in [0, 0.1) is 0 Å². The van der Waals surface area contributed by atoms with Crippen molar-refractivity contribution < 1.29 is 25.8 Å². The molecule has 0 radical (unpaired) electrons. The van der Waals surface area contributed by atoms with Gasteiger partial charge in [0, 0.05) is 6.54 Å². The predicted octanol–water partition coefficient (Wildman–Crippen LogP) is 1.27. The Morgan fingerprint density at radius 2 is 2.12 bits per heavy atom. The summed E-state index contributed by atoms with van der Waals surface area (Å²) in [4.78, 5) is 3.66. The van der Waals surface area contributed by atoms with Gasteiger partial charge in [-0.15, -0.1) is 0 Å². The van der Waals surface area contributed by atoms with Gasteiger partial charge in [-0.3, -0.25) is 4.18 Å². The zero-order chi connectivity index (χ0) is 12.4. The standard InChI is InChI=1S/C7H9F3N2O3S/c1-2-12-5-11-3-6(12)4-15-16(13,14)7(8,9)10/h3,5H,2,4H2,1H3. The van der Waals surface area contributed by atoms with Gasteiger partial charge in [-0.1, -0.05) is 0 Å². The summed E-state index contributed by atoms with van der Waals surface area (Å²) in [7, 11) is -5.54. The van der Waals surface area contributed by atoms with Crippen LogP contribution in [0.4, 0.5) is 13.2 Å². The predicted molar refractivity (Wildman–Crippen MR) is 47.7 cm³/mol. The summed E-state index contributed by atoms with van der Waals surface area (Å²) in [5.41, 5.74) is -5.14. The molecule has 9 heteroatoms. The van der Waals surface area contributed by atoms with Gasteiger partial charge in [-0.2, -0.15) is 21.6 Å². The molecule has 16 heavy (non-hydrogen) atoms. The van der Waals surface area contributed by atoms with Gasteiger partial charge in [0.05, 0.1) is 18.2 Å². The SMILES string of the molecule is CCn1cncc1COS(=O)(=O)C(F)(F)F. The molecule has 1 aromatic rings. The number of hydrogen-bond donors (Lipinski definition) is 0. The molecule has 0 unspecified atom stereocenters. The Kier molecular flexibility index (Phi) is 3.58. The molecule has 0 aliphatic heterocycles. The number of rotatable bonds is 4. The second-order valence-corrected chi connectivity index (χ2v) is 4.44. The molecule has 1 aromatic heterocycles. The summed E-state index contributed by atoms with van der Waals surface area (Å²) < 4.78 is 62.2. The van der Waals surface area contributed by atoms with Gasteiger partial charge < -0.3 is 4.57 Å². The number of alkyl halides is 3. The number of aromatic nitrogens is 2. The van der Waals surface area contributed by atoms with Crippen molar-refractivity contribution in [1.82, 2.24) is 9.55 Å². The number of hydrogen-bond acceptors (Lipinski definition) is 4. The van der Waals surface area contributed by atoms with Crippen molar-refractivity contribution in [2.75, 3.05) is 0 Å². The topological polar surface area (TPSA) is 61.2 Å². The fraction of sp³-hybridized carbons (Fsp3) is 0.571. The zero-order valence-corrected chi connectivity index (χ0v) is 9.05. The highest BCUT2D eigenvalue weighted by atomic mass is 32.2. The Labute approximate surface area is 90.0 Å². The molecule has 1 heterocycles. The molecule has 5 nitrogen and oxygen atoms in total. The molecule has 0 amide bonds. The molecule has 0 aliphatic rings. The summed E-state index contributed by atoms with van der Waals surface area (Å²) in [5, 5.41) is 0. The molecular formula is C7H9F3N2O3S. The van der Waals surface area contributed by atoms with Crippen molar-refractivity contribution in [3.05, 3.63) is 18.2 Å². The van der Waals surface area contributed by atoms with Gasteiger partial charge in [0.2, 0.25) is 0 Å². The lowest BCUT2D eigenvalue weighted by Gasteiger charge is -2.09. The molecular weight excluding hydrogens is 249 g/mol. The lowest BCUT2D eigenvalue weighted by Crippen LogP contribution is -2.25. The Hall–Kier alpha value is -1.09. The van der Waals surface area contributed by atoms with E-state index in [1.54, 1.807) is 6.92 Å². The third-order valence-electron chi connectivity index (χ3n) is 1.78. The van der Waals surface area contributed by atoms with Crippen molar-refractivity contribution in [3.63, 3.8) is 0 Å². The average molecular weight is 258 g/mol. The highest BCUT2D eigenvalue weighted by molar-refractivity contribution is 7.87. The van der Waals surface area contributed by atoms with E-state index in [9.17, 15) is 21.6 Å². The van der Waals surface area contributed by atoms with E-state index in [-0.39, 0.29) is 5.69 Å². The fourth-order valence-electron chi connectivity index (χ4n) is 0.958. The highest BCUT2D eigenvalue weighted by Gasteiger charge is 2.47. The van der Waals surface area contributed by atoms with Gasteiger partial charge in [-0.05, 0) is 6.92 Å². The van der Waals surface area contributed by atoms with Crippen molar-refractivity contribution in [1.29, 1.82) is 0 Å². The smallest absolute Gasteiger partial charge is 0.333 e. The summed E-state index contributed by atoms with van der Waals surface area (Å²) in [6, 6.07) is 0. The van der Waals surface area contributed by atoms with Crippen molar-refractivity contribution >= 4 is 10.1 Å². The zero-order valence-electron chi connectivity index (χ0n) is 8.23. The summed E-state index contributed by atoms with van der Waals surface area (Å²) in [5.74, 6) is 0. The van der Waals surface area contributed by atoms with Crippen molar-refractivity contribution in [3.8, 4) is 0 Å². The lowest BCUT2D eigenvalue weighted by atomic mass is 10.5. The molecule has 0 N–H and O–H groups in total. The van der Waals surface area contributed by atoms with Crippen LogP contribution < -0.4 is 0 Å². The van der Waals surface area contributed by atoms with Crippen LogP contribution >= 0.6 is 0 Å². The van der Waals surface area contributed by atoms with Crippen LogP contribution in [0.5, 0.6) is 0 Å². The Balaban J connectivity index is 2.73. The highest BCUT2D eigenvalue weighted by Crippen LogP contribution is 2.25. The maximum atomic E-state index is 11.9. The van der Waals surface area contributed by atoms with Crippen LogP contribution in [0.25, 0.3) is 0 Å². The molecule has 0 saturated carbocycles. The van der Waals surface area contributed by atoms with E-state index in [0.29, 0.717) is 6.54 Å². The van der Waals surface area contributed by atoms with Gasteiger partial charge in [0.15, 0.2) is 0 Å². The third kappa shape index (κ3) is 2.73. The monoisotopic (exact) mass is 258 g/mol. The Morgan fingerprint density at radius 3 is 2.62 bits per heavy atom. The van der Waals surface area contributed by atoms with E-state index in [1.165, 1.54) is 17.1 Å². The Morgan fingerprint density at radius 1 is 1.50 bits per heavy atom. The molecule has 0 aromatic carbocycles. The molecule has 0 spiro atoms. The molecule has 0 atom stereocenters. The number of aryl methyl sites for hydroxylation is 1. The second-order valence-electron chi connectivity index (χ2n) is 2.83. The maximum absolute atomic E-state index is 11.9. The normalized spacial score (nSPS) is 13.0. The van der Waals surface area contributed by atoms with E-state index < -0.39 is 22.2 Å². The Bertz CT molecular complexity index is 452. The van der Waals surface area contributed by atoms with Crippen molar-refractivity contribution in [2.24, 2.45) is 0 Å². The third-order valence-corrected chi connectivity index (χ3v) is 2.78. The summed E-state index contributed by atoms with van der Waals surface area (Å²) in [6.07, 6.45) is 2.62. The fourth-order valence-corrected chi connectivity index (χ4v) is 1.37. The van der Waals surface area contributed by atoms with E-state index in [0.717, 1.165) is 0 Å². The first-order valence-electron chi connectivity index (χ1n) is 4.22. The minimum absolute atomic E-state index is 0.260.